The fraction of sp³-hybridized carbons (Fsp3) is 0.636. The van der Waals surface area contributed by atoms with Gasteiger partial charge in [0.25, 0.3) is 0 Å². The van der Waals surface area contributed by atoms with E-state index in [-0.39, 0.29) is 6.04 Å². The number of carboxylic acids is 1. The summed E-state index contributed by atoms with van der Waals surface area (Å²) in [4.78, 5) is 16.2. The molecule has 0 radical (unpaired) electrons. The molecule has 0 aromatic carbocycles. The summed E-state index contributed by atoms with van der Waals surface area (Å²) in [6.45, 7) is 0.982. The van der Waals surface area contributed by atoms with E-state index in [1.54, 1.807) is 0 Å². The first-order chi connectivity index (χ1) is 8.25. The van der Waals surface area contributed by atoms with Crippen molar-refractivity contribution in [1.82, 2.24) is 10.3 Å². The summed E-state index contributed by atoms with van der Waals surface area (Å²) in [7, 11) is 0. The Labute approximate surface area is 108 Å². The van der Waals surface area contributed by atoms with Gasteiger partial charge in [0, 0.05) is 24.0 Å². The van der Waals surface area contributed by atoms with Crippen LogP contribution < -0.4 is 5.32 Å². The lowest BCUT2D eigenvalue weighted by atomic mass is 10.2. The molecule has 0 amide bonds. The van der Waals surface area contributed by atoms with E-state index >= 15 is 0 Å². The Hall–Kier alpha value is -0.590. The first-order valence-corrected chi connectivity index (χ1v) is 7.78. The summed E-state index contributed by atoms with van der Waals surface area (Å²) >= 11 is 3.26. The van der Waals surface area contributed by atoms with Crippen LogP contribution in [0.2, 0.25) is 0 Å². The van der Waals surface area contributed by atoms with Crippen LogP contribution in [-0.2, 0) is 0 Å². The number of nitrogens with one attached hydrogen (secondary N) is 1. The summed E-state index contributed by atoms with van der Waals surface area (Å²) in [6, 6.07) is 0.240. The van der Waals surface area contributed by atoms with E-state index in [2.05, 4.69) is 10.3 Å². The Kier molecular flexibility index (Phi) is 3.10. The van der Waals surface area contributed by atoms with Gasteiger partial charge in [-0.2, -0.15) is 11.8 Å². The first kappa shape index (κ1) is 11.5. The molecule has 1 aromatic heterocycles. The fourth-order valence-electron chi connectivity index (χ4n) is 2.01. The average molecular weight is 270 g/mol. The molecule has 2 heterocycles. The van der Waals surface area contributed by atoms with Crippen molar-refractivity contribution in [3.63, 3.8) is 0 Å². The van der Waals surface area contributed by atoms with Gasteiger partial charge in [-0.05, 0) is 12.8 Å². The van der Waals surface area contributed by atoms with Gasteiger partial charge < -0.3 is 10.4 Å². The second-order valence-corrected chi connectivity index (χ2v) is 6.61. The molecule has 6 heteroatoms. The van der Waals surface area contributed by atoms with Crippen LogP contribution in [0.1, 0.15) is 45.2 Å². The normalized spacial score (nSPS) is 24.8. The van der Waals surface area contributed by atoms with Crippen molar-refractivity contribution >= 4 is 29.1 Å². The number of thiazole rings is 1. The Bertz CT molecular complexity index is 437. The van der Waals surface area contributed by atoms with E-state index in [0.717, 1.165) is 41.6 Å². The molecule has 2 aliphatic rings. The molecule has 1 atom stereocenters. The molecule has 2 fully saturated rings. The molecule has 1 saturated carbocycles. The zero-order chi connectivity index (χ0) is 11.8. The molecule has 92 valence electrons. The summed E-state index contributed by atoms with van der Waals surface area (Å²) in [5.41, 5.74) is 0.829. The molecule has 3 rings (SSSR count). The molecular formula is C11H14N2O2S2. The predicted molar refractivity (Wildman–Crippen MR) is 69.1 cm³/mol. The van der Waals surface area contributed by atoms with E-state index in [1.165, 1.54) is 11.3 Å². The van der Waals surface area contributed by atoms with Crippen LogP contribution in [0.3, 0.4) is 0 Å². The molecule has 1 saturated heterocycles. The number of hydrogen-bond acceptors (Lipinski definition) is 5. The largest absolute Gasteiger partial charge is 0.477 e. The zero-order valence-electron chi connectivity index (χ0n) is 9.31. The summed E-state index contributed by atoms with van der Waals surface area (Å²) in [6.07, 6.45) is 2.19. The van der Waals surface area contributed by atoms with Gasteiger partial charge >= 0.3 is 5.97 Å². The lowest BCUT2D eigenvalue weighted by Gasteiger charge is -2.20. The molecular weight excluding hydrogens is 256 g/mol. The van der Waals surface area contributed by atoms with Crippen LogP contribution >= 0.6 is 23.1 Å². The van der Waals surface area contributed by atoms with Crippen molar-refractivity contribution < 1.29 is 9.90 Å². The second kappa shape index (κ2) is 4.59. The van der Waals surface area contributed by atoms with Gasteiger partial charge in [0.1, 0.15) is 9.88 Å². The molecule has 1 aliphatic carbocycles. The minimum Gasteiger partial charge on any atom is -0.477 e. The summed E-state index contributed by atoms with van der Waals surface area (Å²) in [5, 5.41) is 13.6. The number of hydrogen-bond donors (Lipinski definition) is 2. The van der Waals surface area contributed by atoms with Gasteiger partial charge in [0.05, 0.1) is 11.7 Å². The van der Waals surface area contributed by atoms with E-state index < -0.39 is 5.97 Å². The highest BCUT2D eigenvalue weighted by Crippen LogP contribution is 2.43. The van der Waals surface area contributed by atoms with Crippen LogP contribution in [0.25, 0.3) is 0 Å². The molecule has 0 spiro atoms. The van der Waals surface area contributed by atoms with Gasteiger partial charge in [-0.3, -0.25) is 0 Å². The lowest BCUT2D eigenvalue weighted by molar-refractivity contribution is 0.0700. The smallest absolute Gasteiger partial charge is 0.347 e. The summed E-state index contributed by atoms with van der Waals surface area (Å²) in [5.74, 6) is 1.71. The third-order valence-corrected chi connectivity index (χ3v) is 5.28. The Balaban J connectivity index is 1.89. The molecule has 1 aliphatic heterocycles. The monoisotopic (exact) mass is 270 g/mol. The molecule has 2 N–H and O–H groups in total. The number of aromatic nitrogens is 1. The molecule has 17 heavy (non-hydrogen) atoms. The third kappa shape index (κ3) is 2.34. The number of carbonyl (C=O) groups is 1. The average Bonchev–Trinajstić information content (AvgIpc) is 3.09. The van der Waals surface area contributed by atoms with E-state index in [9.17, 15) is 9.90 Å². The predicted octanol–water partition coefficient (Wildman–Crippen LogP) is 2.10. The fourth-order valence-corrected chi connectivity index (χ4v) is 4.12. The van der Waals surface area contributed by atoms with Crippen molar-refractivity contribution in [3.05, 3.63) is 15.6 Å². The molecule has 4 nitrogen and oxygen atoms in total. The standard InChI is InChI=1S/C11H14N2O2S2/c14-11(15)9-8(6-1-2-6)13-10(17-9)7-5-16-4-3-12-7/h6-7,12H,1-5H2,(H,14,15). The number of nitrogens with zero attached hydrogens (tertiary/aromatic N) is 1. The summed E-state index contributed by atoms with van der Waals surface area (Å²) < 4.78 is 0. The van der Waals surface area contributed by atoms with Gasteiger partial charge in [0.2, 0.25) is 0 Å². The Morgan fingerprint density at radius 1 is 1.47 bits per heavy atom. The van der Waals surface area contributed by atoms with E-state index in [0.29, 0.717) is 10.8 Å². The highest BCUT2D eigenvalue weighted by Gasteiger charge is 2.33. The maximum absolute atomic E-state index is 11.2. The van der Waals surface area contributed by atoms with E-state index in [1.807, 2.05) is 11.8 Å². The molecule has 1 unspecified atom stereocenters. The van der Waals surface area contributed by atoms with Crippen LogP contribution in [0.15, 0.2) is 0 Å². The number of carboxylic acid groups (broad SMARTS) is 1. The quantitative estimate of drug-likeness (QED) is 0.880. The minimum absolute atomic E-state index is 0.240. The van der Waals surface area contributed by atoms with Gasteiger partial charge in [-0.25, -0.2) is 9.78 Å². The molecule has 1 aromatic rings. The van der Waals surface area contributed by atoms with Crippen molar-refractivity contribution in [2.75, 3.05) is 18.1 Å². The van der Waals surface area contributed by atoms with Crippen molar-refractivity contribution in [1.29, 1.82) is 0 Å². The van der Waals surface area contributed by atoms with Gasteiger partial charge in [0.15, 0.2) is 0 Å². The van der Waals surface area contributed by atoms with E-state index in [4.69, 9.17) is 0 Å². The van der Waals surface area contributed by atoms with Gasteiger partial charge in [-0.15, -0.1) is 11.3 Å². The molecule has 0 bridgehead atoms. The highest BCUT2D eigenvalue weighted by atomic mass is 32.2. The topological polar surface area (TPSA) is 62.2 Å². The van der Waals surface area contributed by atoms with Gasteiger partial charge in [-0.1, -0.05) is 0 Å². The van der Waals surface area contributed by atoms with Crippen LogP contribution in [-0.4, -0.2) is 34.1 Å². The SMILES string of the molecule is O=C(O)c1sc(C2CSCCN2)nc1C1CC1. The first-order valence-electron chi connectivity index (χ1n) is 5.80. The number of aromatic carboxylic acids is 1. The number of thioether (sulfide) groups is 1. The van der Waals surface area contributed by atoms with Crippen LogP contribution in [0, 0.1) is 0 Å². The lowest BCUT2D eigenvalue weighted by Crippen LogP contribution is -2.30. The Morgan fingerprint density at radius 2 is 2.29 bits per heavy atom. The van der Waals surface area contributed by atoms with Crippen LogP contribution in [0.4, 0.5) is 0 Å². The van der Waals surface area contributed by atoms with Crippen molar-refractivity contribution in [2.45, 2.75) is 24.8 Å². The highest BCUT2D eigenvalue weighted by molar-refractivity contribution is 7.99. The maximum atomic E-state index is 11.2. The minimum atomic E-state index is -0.820. The van der Waals surface area contributed by atoms with Crippen LogP contribution in [0.5, 0.6) is 0 Å². The second-order valence-electron chi connectivity index (χ2n) is 4.43. The third-order valence-electron chi connectivity index (χ3n) is 3.05. The number of rotatable bonds is 3. The van der Waals surface area contributed by atoms with Crippen molar-refractivity contribution in [2.24, 2.45) is 0 Å². The zero-order valence-corrected chi connectivity index (χ0v) is 10.9. The van der Waals surface area contributed by atoms with Crippen molar-refractivity contribution in [3.8, 4) is 0 Å². The maximum Gasteiger partial charge on any atom is 0.347 e. The Morgan fingerprint density at radius 3 is 2.88 bits per heavy atom.